The number of hydrogen-bond acceptors (Lipinski definition) is 1. The summed E-state index contributed by atoms with van der Waals surface area (Å²) in [4.78, 5) is 11.7. The monoisotopic (exact) mass is 306 g/mol. The summed E-state index contributed by atoms with van der Waals surface area (Å²) in [5, 5.41) is 2.87. The summed E-state index contributed by atoms with van der Waals surface area (Å²) in [6.45, 7) is 0.644. The third-order valence-electron chi connectivity index (χ3n) is 2.48. The van der Waals surface area contributed by atoms with Gasteiger partial charge in [-0.15, -0.1) is 0 Å². The molecule has 1 aromatic carbocycles. The van der Waals surface area contributed by atoms with Crippen molar-refractivity contribution in [2.24, 2.45) is 0 Å². The van der Waals surface area contributed by atoms with Crippen LogP contribution in [-0.2, 0) is 6.42 Å². The van der Waals surface area contributed by atoms with Gasteiger partial charge >= 0.3 is 6.03 Å². The average Bonchev–Trinajstić information content (AvgIpc) is 2.41. The third-order valence-corrected chi connectivity index (χ3v) is 2.48. The van der Waals surface area contributed by atoms with Gasteiger partial charge in [0.1, 0.15) is 0 Å². The van der Waals surface area contributed by atoms with E-state index in [1.165, 1.54) is 10.1 Å². The van der Waals surface area contributed by atoms with Crippen LogP contribution in [0.1, 0.15) is 5.56 Å². The first-order valence-electron chi connectivity index (χ1n) is 5.65. The van der Waals surface area contributed by atoms with E-state index in [1.54, 1.807) is 12.4 Å². The summed E-state index contributed by atoms with van der Waals surface area (Å²) in [5.74, 6) is 0. The number of halogens is 1. The summed E-state index contributed by atoms with van der Waals surface area (Å²) in [5.41, 5.74) is 1.23. The molecule has 0 saturated carbocycles. The molecule has 0 bridgehead atoms. The summed E-state index contributed by atoms with van der Waals surface area (Å²) < 4.78 is 1.53. The highest BCUT2D eigenvalue weighted by atomic mass is 79.9. The van der Waals surface area contributed by atoms with Gasteiger partial charge in [0.2, 0.25) is 0 Å². The molecule has 0 unspecified atom stereocenters. The Morgan fingerprint density at radius 2 is 1.61 bits per heavy atom. The molecule has 0 fully saturated rings. The Hall–Kier alpha value is -1.68. The molecule has 1 amide bonds. The van der Waals surface area contributed by atoms with Gasteiger partial charge in [-0.1, -0.05) is 36.4 Å². The van der Waals surface area contributed by atoms with Crippen LogP contribution in [0.15, 0.2) is 60.9 Å². The number of hydrogen-bond donors (Lipinski definition) is 1. The van der Waals surface area contributed by atoms with Crippen LogP contribution in [0, 0.1) is 0 Å². The van der Waals surface area contributed by atoms with E-state index in [1.807, 2.05) is 36.4 Å². The molecule has 0 aliphatic carbocycles. The van der Waals surface area contributed by atoms with Crippen LogP contribution in [0.5, 0.6) is 0 Å². The average molecular weight is 307 g/mol. The number of nitrogens with zero attached hydrogens (tertiary/aromatic N) is 1. The number of carbonyl (C=O) groups is 1. The van der Waals surface area contributed by atoms with E-state index in [0.717, 1.165) is 6.42 Å². The Morgan fingerprint density at radius 3 is 2.28 bits per heavy atom. The van der Waals surface area contributed by atoms with Crippen LogP contribution in [0.25, 0.3) is 0 Å². The lowest BCUT2D eigenvalue weighted by atomic mass is 10.1. The summed E-state index contributed by atoms with van der Waals surface area (Å²) in [7, 11) is 0. The first-order chi connectivity index (χ1) is 8.36. The molecule has 3 nitrogen and oxygen atoms in total. The highest BCUT2D eigenvalue weighted by Gasteiger charge is 2.10. The van der Waals surface area contributed by atoms with Crippen LogP contribution < -0.4 is 26.9 Å². The van der Waals surface area contributed by atoms with E-state index in [-0.39, 0.29) is 23.0 Å². The van der Waals surface area contributed by atoms with Crippen LogP contribution in [0.2, 0.25) is 0 Å². The van der Waals surface area contributed by atoms with Gasteiger partial charge in [-0.3, -0.25) is 0 Å². The van der Waals surface area contributed by atoms with Gasteiger partial charge in [0.25, 0.3) is 0 Å². The minimum absolute atomic E-state index is 0. The zero-order valence-corrected chi connectivity index (χ0v) is 11.5. The summed E-state index contributed by atoms with van der Waals surface area (Å²) in [6, 6.07) is 15.6. The Kier molecular flexibility index (Phi) is 6.08. The number of amides is 1. The Labute approximate surface area is 117 Å². The second-order valence-corrected chi connectivity index (χ2v) is 3.75. The molecular formula is C14H15BrN2O. The van der Waals surface area contributed by atoms with Crippen molar-refractivity contribution in [2.75, 3.05) is 6.54 Å². The van der Waals surface area contributed by atoms with Crippen LogP contribution in [0.4, 0.5) is 4.79 Å². The van der Waals surface area contributed by atoms with Crippen LogP contribution in [-0.4, -0.2) is 12.6 Å². The second-order valence-electron chi connectivity index (χ2n) is 3.75. The van der Waals surface area contributed by atoms with E-state index >= 15 is 0 Å². The lowest BCUT2D eigenvalue weighted by molar-refractivity contribution is -0.572. The minimum Gasteiger partial charge on any atom is -1.00 e. The molecule has 1 aromatic heterocycles. The van der Waals surface area contributed by atoms with E-state index in [2.05, 4.69) is 17.4 Å². The first kappa shape index (κ1) is 14.4. The fourth-order valence-electron chi connectivity index (χ4n) is 1.58. The fourth-order valence-corrected chi connectivity index (χ4v) is 1.58. The van der Waals surface area contributed by atoms with Crippen molar-refractivity contribution >= 4 is 6.03 Å². The Balaban J connectivity index is 0.00000162. The maximum absolute atomic E-state index is 11.7. The molecule has 1 heterocycles. The van der Waals surface area contributed by atoms with E-state index in [4.69, 9.17) is 0 Å². The highest BCUT2D eigenvalue weighted by molar-refractivity contribution is 5.63. The normalized spacial score (nSPS) is 9.33. The van der Waals surface area contributed by atoms with Crippen LogP contribution >= 0.6 is 0 Å². The van der Waals surface area contributed by atoms with Crippen molar-refractivity contribution < 1.29 is 26.3 Å². The van der Waals surface area contributed by atoms with Gasteiger partial charge in [-0.2, -0.15) is 9.36 Å². The molecule has 94 valence electrons. The van der Waals surface area contributed by atoms with Gasteiger partial charge in [0.05, 0.1) is 18.9 Å². The number of benzene rings is 1. The van der Waals surface area contributed by atoms with Crippen molar-refractivity contribution in [1.29, 1.82) is 0 Å². The maximum Gasteiger partial charge on any atom is 0.495 e. The van der Waals surface area contributed by atoms with Crippen molar-refractivity contribution in [3.63, 3.8) is 0 Å². The third kappa shape index (κ3) is 4.30. The minimum atomic E-state index is -0.0958. The lowest BCUT2D eigenvalue weighted by Gasteiger charge is -1.99. The summed E-state index contributed by atoms with van der Waals surface area (Å²) >= 11 is 0. The molecule has 2 aromatic rings. The number of pyridine rings is 1. The van der Waals surface area contributed by atoms with Gasteiger partial charge < -0.3 is 17.0 Å². The molecule has 2 rings (SSSR count). The van der Waals surface area contributed by atoms with Gasteiger partial charge in [-0.25, -0.2) is 5.32 Å². The van der Waals surface area contributed by atoms with E-state index < -0.39 is 0 Å². The lowest BCUT2D eigenvalue weighted by Crippen LogP contribution is -3.00. The molecule has 0 spiro atoms. The molecule has 4 heteroatoms. The highest BCUT2D eigenvalue weighted by Crippen LogP contribution is 1.97. The number of carbonyl (C=O) groups excluding carboxylic acids is 1. The molecule has 0 radical (unpaired) electrons. The quantitative estimate of drug-likeness (QED) is 0.709. The first-order valence-corrected chi connectivity index (χ1v) is 5.65. The number of nitrogens with one attached hydrogen (secondary N) is 1. The Bertz CT molecular complexity index is 474. The zero-order chi connectivity index (χ0) is 11.9. The fraction of sp³-hybridized carbons (Fsp3) is 0.143. The molecule has 0 atom stereocenters. The Morgan fingerprint density at radius 1 is 1.00 bits per heavy atom. The van der Waals surface area contributed by atoms with Crippen molar-refractivity contribution in [3.05, 3.63) is 66.5 Å². The predicted octanol–water partition coefficient (Wildman–Crippen LogP) is -1.22. The topological polar surface area (TPSA) is 33.0 Å². The van der Waals surface area contributed by atoms with Crippen LogP contribution in [0.3, 0.4) is 0 Å². The van der Waals surface area contributed by atoms with Gasteiger partial charge in [0.15, 0.2) is 0 Å². The molecule has 0 aliphatic heterocycles. The van der Waals surface area contributed by atoms with Crippen molar-refractivity contribution in [1.82, 2.24) is 5.32 Å². The second kappa shape index (κ2) is 7.61. The standard InChI is InChI=1S/C14H14N2O.BrH/c17-14(16-11-5-2-6-12-16)15-10-9-13-7-3-1-4-8-13;/h1-8,11-12H,9-10H2;1H. The molecule has 18 heavy (non-hydrogen) atoms. The summed E-state index contributed by atoms with van der Waals surface area (Å²) in [6.07, 6.45) is 4.32. The molecule has 0 aliphatic rings. The van der Waals surface area contributed by atoms with E-state index in [9.17, 15) is 4.79 Å². The zero-order valence-electron chi connectivity index (χ0n) is 9.92. The molecular weight excluding hydrogens is 292 g/mol. The molecule has 1 N–H and O–H groups in total. The number of rotatable bonds is 3. The predicted molar refractivity (Wildman–Crippen MR) is 65.6 cm³/mol. The van der Waals surface area contributed by atoms with Crippen molar-refractivity contribution in [2.45, 2.75) is 6.42 Å². The van der Waals surface area contributed by atoms with Gasteiger partial charge in [-0.05, 0) is 17.7 Å². The smallest absolute Gasteiger partial charge is 0.495 e. The molecule has 0 saturated heterocycles. The number of aromatic nitrogens is 1. The largest absolute Gasteiger partial charge is 1.00 e. The SMILES string of the molecule is O=C(NCCc1ccccc1)[n+]1ccccc1.[Br-]. The van der Waals surface area contributed by atoms with Crippen molar-refractivity contribution in [3.8, 4) is 0 Å². The maximum atomic E-state index is 11.7. The van der Waals surface area contributed by atoms with Gasteiger partial charge in [0, 0.05) is 6.42 Å². The van der Waals surface area contributed by atoms with E-state index in [0.29, 0.717) is 6.54 Å².